The van der Waals surface area contributed by atoms with Crippen molar-refractivity contribution in [2.75, 3.05) is 13.6 Å². The van der Waals surface area contributed by atoms with Gasteiger partial charge >= 0.3 is 0 Å². The summed E-state index contributed by atoms with van der Waals surface area (Å²) in [5.41, 5.74) is 7.66. The number of nitrogens with one attached hydrogen (secondary N) is 1. The van der Waals surface area contributed by atoms with Crippen LogP contribution >= 0.6 is 0 Å². The summed E-state index contributed by atoms with van der Waals surface area (Å²) >= 11 is 0. The predicted octanol–water partition coefficient (Wildman–Crippen LogP) is 3.32. The molecule has 0 saturated heterocycles. The molecule has 0 atom stereocenters. The predicted molar refractivity (Wildman–Crippen MR) is 70.6 cm³/mol. The summed E-state index contributed by atoms with van der Waals surface area (Å²) in [4.78, 5) is 0. The second-order valence-electron chi connectivity index (χ2n) is 4.64. The normalized spacial score (nSPS) is 14.4. The van der Waals surface area contributed by atoms with Crippen LogP contribution in [-0.2, 0) is 6.42 Å². The summed E-state index contributed by atoms with van der Waals surface area (Å²) < 4.78 is 0. The average Bonchev–Trinajstić information content (AvgIpc) is 2.61. The fourth-order valence-electron chi connectivity index (χ4n) is 2.67. The van der Waals surface area contributed by atoms with Crippen molar-refractivity contribution in [3.63, 3.8) is 0 Å². The molecule has 1 aliphatic carbocycles. The van der Waals surface area contributed by atoms with Gasteiger partial charge in [0, 0.05) is 6.54 Å². The number of benzene rings is 1. The van der Waals surface area contributed by atoms with Crippen LogP contribution in [0.5, 0.6) is 0 Å². The molecule has 1 heteroatoms. The maximum Gasteiger partial charge on any atom is 0.0208 e. The summed E-state index contributed by atoms with van der Waals surface area (Å²) in [5, 5.41) is 3.30. The van der Waals surface area contributed by atoms with Gasteiger partial charge in [0.25, 0.3) is 0 Å². The molecule has 1 nitrogen and oxygen atoms in total. The van der Waals surface area contributed by atoms with Crippen LogP contribution in [0.2, 0.25) is 0 Å². The highest BCUT2D eigenvalue weighted by Crippen LogP contribution is 2.36. The second-order valence-corrected chi connectivity index (χ2v) is 4.64. The van der Waals surface area contributed by atoms with Gasteiger partial charge in [-0.2, -0.15) is 0 Å². The molecule has 0 fully saturated rings. The molecule has 0 radical (unpaired) electrons. The van der Waals surface area contributed by atoms with Crippen molar-refractivity contribution in [3.8, 4) is 0 Å². The minimum Gasteiger partial charge on any atom is -0.316 e. The number of hydrogen-bond acceptors (Lipinski definition) is 1. The van der Waals surface area contributed by atoms with Crippen molar-refractivity contribution in [2.24, 2.45) is 0 Å². The number of fused-ring (bicyclic) bond motifs is 1. The first kappa shape index (κ1) is 11.4. The minimum atomic E-state index is 1.01. The molecule has 1 aromatic carbocycles. The van der Waals surface area contributed by atoms with Crippen LogP contribution in [0.15, 0.2) is 23.8 Å². The van der Waals surface area contributed by atoms with Gasteiger partial charge < -0.3 is 5.32 Å². The molecule has 0 spiro atoms. The van der Waals surface area contributed by atoms with Gasteiger partial charge in [0.2, 0.25) is 0 Å². The Morgan fingerprint density at radius 3 is 2.81 bits per heavy atom. The number of hydrogen-bond donors (Lipinski definition) is 1. The molecule has 0 aromatic heterocycles. The number of aryl methyl sites for hydroxylation is 1. The fraction of sp³-hybridized carbons (Fsp3) is 0.467. The van der Waals surface area contributed by atoms with Crippen LogP contribution in [0, 0.1) is 6.92 Å². The van der Waals surface area contributed by atoms with Gasteiger partial charge in [-0.05, 0) is 49.1 Å². The van der Waals surface area contributed by atoms with Gasteiger partial charge in [0.1, 0.15) is 0 Å². The second kappa shape index (κ2) is 4.84. The first-order chi connectivity index (χ1) is 7.77. The van der Waals surface area contributed by atoms with Crippen molar-refractivity contribution in [1.82, 2.24) is 5.32 Å². The van der Waals surface area contributed by atoms with Crippen LogP contribution < -0.4 is 5.32 Å². The molecule has 1 N–H and O–H groups in total. The van der Waals surface area contributed by atoms with E-state index in [1.165, 1.54) is 30.4 Å². The Bertz CT molecular complexity index is 415. The molecule has 2 rings (SSSR count). The molecular weight excluding hydrogens is 194 g/mol. The third-order valence-electron chi connectivity index (χ3n) is 3.46. The highest BCUT2D eigenvalue weighted by Gasteiger charge is 2.21. The lowest BCUT2D eigenvalue weighted by atomic mass is 10.0. The SMILES string of the molecule is CCCC1=C(CNC)c2cccc(C)c2C1. The van der Waals surface area contributed by atoms with Gasteiger partial charge in [-0.1, -0.05) is 37.1 Å². The van der Waals surface area contributed by atoms with Gasteiger partial charge in [0.05, 0.1) is 0 Å². The average molecular weight is 215 g/mol. The van der Waals surface area contributed by atoms with Gasteiger partial charge in [-0.3, -0.25) is 0 Å². The van der Waals surface area contributed by atoms with E-state index in [0.717, 1.165) is 6.54 Å². The van der Waals surface area contributed by atoms with Crippen LogP contribution in [0.1, 0.15) is 36.5 Å². The van der Waals surface area contributed by atoms with E-state index in [0.29, 0.717) is 0 Å². The molecule has 0 unspecified atom stereocenters. The third kappa shape index (κ3) is 1.92. The van der Waals surface area contributed by atoms with E-state index in [1.807, 2.05) is 7.05 Å². The summed E-state index contributed by atoms with van der Waals surface area (Å²) in [5.74, 6) is 0. The third-order valence-corrected chi connectivity index (χ3v) is 3.46. The van der Waals surface area contributed by atoms with Crippen LogP contribution in [0.4, 0.5) is 0 Å². The molecule has 1 aromatic rings. The topological polar surface area (TPSA) is 12.0 Å². The Kier molecular flexibility index (Phi) is 3.45. The monoisotopic (exact) mass is 215 g/mol. The summed E-state index contributed by atoms with van der Waals surface area (Å²) in [6, 6.07) is 6.68. The smallest absolute Gasteiger partial charge is 0.0208 e. The summed E-state index contributed by atoms with van der Waals surface area (Å²) in [7, 11) is 2.03. The molecule has 0 bridgehead atoms. The first-order valence-corrected chi connectivity index (χ1v) is 6.22. The summed E-state index contributed by atoms with van der Waals surface area (Å²) in [6.45, 7) is 5.50. The molecule has 0 aliphatic heterocycles. The molecular formula is C15H21N. The van der Waals surface area contributed by atoms with Crippen molar-refractivity contribution in [1.29, 1.82) is 0 Å². The van der Waals surface area contributed by atoms with Crippen molar-refractivity contribution in [2.45, 2.75) is 33.1 Å². The summed E-state index contributed by atoms with van der Waals surface area (Å²) in [6.07, 6.45) is 3.66. The lowest BCUT2D eigenvalue weighted by Crippen LogP contribution is -2.10. The Morgan fingerprint density at radius 2 is 2.12 bits per heavy atom. The van der Waals surface area contributed by atoms with E-state index >= 15 is 0 Å². The number of rotatable bonds is 4. The van der Waals surface area contributed by atoms with Crippen LogP contribution in [-0.4, -0.2) is 13.6 Å². The van der Waals surface area contributed by atoms with E-state index in [2.05, 4.69) is 37.4 Å². The Labute approximate surface area is 98.6 Å². The molecule has 0 heterocycles. The quantitative estimate of drug-likeness (QED) is 0.812. The van der Waals surface area contributed by atoms with Crippen molar-refractivity contribution >= 4 is 5.57 Å². The van der Waals surface area contributed by atoms with Crippen molar-refractivity contribution < 1.29 is 0 Å². The highest BCUT2D eigenvalue weighted by atomic mass is 14.8. The zero-order valence-corrected chi connectivity index (χ0v) is 10.6. The zero-order valence-electron chi connectivity index (χ0n) is 10.6. The van der Waals surface area contributed by atoms with E-state index in [1.54, 1.807) is 16.7 Å². The van der Waals surface area contributed by atoms with Crippen molar-refractivity contribution in [3.05, 3.63) is 40.5 Å². The van der Waals surface area contributed by atoms with Gasteiger partial charge in [0.15, 0.2) is 0 Å². The molecule has 1 aliphatic rings. The zero-order chi connectivity index (χ0) is 11.5. The Balaban J connectivity index is 2.40. The maximum atomic E-state index is 3.30. The van der Waals surface area contributed by atoms with Crippen LogP contribution in [0.25, 0.3) is 5.57 Å². The minimum absolute atomic E-state index is 1.01. The fourth-order valence-corrected chi connectivity index (χ4v) is 2.67. The van der Waals surface area contributed by atoms with Crippen LogP contribution in [0.3, 0.4) is 0 Å². The van der Waals surface area contributed by atoms with E-state index in [4.69, 9.17) is 0 Å². The van der Waals surface area contributed by atoms with E-state index in [-0.39, 0.29) is 0 Å². The van der Waals surface area contributed by atoms with Gasteiger partial charge in [-0.25, -0.2) is 0 Å². The molecule has 86 valence electrons. The molecule has 0 amide bonds. The largest absolute Gasteiger partial charge is 0.316 e. The van der Waals surface area contributed by atoms with E-state index in [9.17, 15) is 0 Å². The molecule has 0 saturated carbocycles. The Morgan fingerprint density at radius 1 is 1.31 bits per heavy atom. The van der Waals surface area contributed by atoms with Gasteiger partial charge in [-0.15, -0.1) is 0 Å². The maximum absolute atomic E-state index is 3.30. The van der Waals surface area contributed by atoms with E-state index < -0.39 is 0 Å². The Hall–Kier alpha value is -1.08. The number of allylic oxidation sites excluding steroid dienone is 1. The molecule has 16 heavy (non-hydrogen) atoms. The lowest BCUT2D eigenvalue weighted by molar-refractivity contribution is 0.867. The highest BCUT2D eigenvalue weighted by molar-refractivity contribution is 5.78. The number of likely N-dealkylation sites (N-methyl/N-ethyl adjacent to an activating group) is 1. The standard InChI is InChI=1S/C15H21N/c1-4-6-12-9-14-11(2)7-5-8-13(14)15(12)10-16-3/h5,7-8,16H,4,6,9-10H2,1-3H3. The lowest BCUT2D eigenvalue weighted by Gasteiger charge is -2.07. The first-order valence-electron chi connectivity index (χ1n) is 6.22.